The van der Waals surface area contributed by atoms with E-state index in [-0.39, 0.29) is 0 Å². The molecule has 1 aromatic carbocycles. The van der Waals surface area contributed by atoms with Crippen LogP contribution in [0, 0.1) is 11.3 Å². The summed E-state index contributed by atoms with van der Waals surface area (Å²) >= 11 is 3.37. The van der Waals surface area contributed by atoms with Gasteiger partial charge in [-0.15, -0.1) is 0 Å². The van der Waals surface area contributed by atoms with Crippen LogP contribution in [0.15, 0.2) is 16.6 Å². The first-order chi connectivity index (χ1) is 6.74. The number of hydrogen-bond acceptors (Lipinski definition) is 3. The highest BCUT2D eigenvalue weighted by Crippen LogP contribution is 2.35. The first-order valence-electron chi connectivity index (χ1n) is 4.01. The molecule has 0 aliphatic heterocycles. The van der Waals surface area contributed by atoms with E-state index in [0.717, 1.165) is 10.0 Å². The van der Waals surface area contributed by atoms with E-state index in [4.69, 9.17) is 14.7 Å². The first kappa shape index (κ1) is 10.9. The second kappa shape index (κ2) is 4.87. The molecule has 0 bridgehead atoms. The number of hydrogen-bond donors (Lipinski definition) is 0. The molecule has 1 rings (SSSR count). The van der Waals surface area contributed by atoms with Crippen LogP contribution in [0.25, 0.3) is 0 Å². The first-order valence-corrected chi connectivity index (χ1v) is 4.80. The summed E-state index contributed by atoms with van der Waals surface area (Å²) in [4.78, 5) is 0. The van der Waals surface area contributed by atoms with Crippen LogP contribution in [0.5, 0.6) is 11.5 Å². The molecule has 0 aromatic heterocycles. The number of halogens is 1. The van der Waals surface area contributed by atoms with Gasteiger partial charge >= 0.3 is 0 Å². The average Bonchev–Trinajstić information content (AvgIpc) is 2.21. The van der Waals surface area contributed by atoms with Crippen molar-refractivity contribution in [1.29, 1.82) is 5.26 Å². The normalized spacial score (nSPS) is 9.29. The van der Waals surface area contributed by atoms with Crippen molar-refractivity contribution in [3.05, 3.63) is 22.2 Å². The van der Waals surface area contributed by atoms with E-state index in [2.05, 4.69) is 22.0 Å². The third-order valence-corrected chi connectivity index (χ3v) is 2.59. The SMILES string of the molecule is COc1ccc(Br)c(CC#N)c1OC. The molecule has 74 valence electrons. The van der Waals surface area contributed by atoms with Crippen molar-refractivity contribution in [3.8, 4) is 17.6 Å². The van der Waals surface area contributed by atoms with E-state index in [1.54, 1.807) is 20.3 Å². The van der Waals surface area contributed by atoms with Gasteiger partial charge in [-0.1, -0.05) is 15.9 Å². The predicted molar refractivity (Wildman–Crippen MR) is 56.6 cm³/mol. The molecular formula is C10H10BrNO2. The third-order valence-electron chi connectivity index (χ3n) is 1.85. The van der Waals surface area contributed by atoms with Gasteiger partial charge < -0.3 is 9.47 Å². The summed E-state index contributed by atoms with van der Waals surface area (Å²) in [6.45, 7) is 0. The molecule has 4 heteroatoms. The highest BCUT2D eigenvalue weighted by Gasteiger charge is 2.12. The van der Waals surface area contributed by atoms with E-state index < -0.39 is 0 Å². The zero-order chi connectivity index (χ0) is 10.6. The van der Waals surface area contributed by atoms with Crippen LogP contribution in [-0.4, -0.2) is 14.2 Å². The smallest absolute Gasteiger partial charge is 0.166 e. The van der Waals surface area contributed by atoms with Crippen molar-refractivity contribution in [2.75, 3.05) is 14.2 Å². The number of benzene rings is 1. The Labute approximate surface area is 91.4 Å². The Bertz CT molecular complexity index is 371. The zero-order valence-corrected chi connectivity index (χ0v) is 9.59. The minimum atomic E-state index is 0.293. The second-order valence-electron chi connectivity index (χ2n) is 2.60. The lowest BCUT2D eigenvalue weighted by Gasteiger charge is -2.12. The van der Waals surface area contributed by atoms with Gasteiger partial charge in [0.15, 0.2) is 11.5 Å². The van der Waals surface area contributed by atoms with Crippen molar-refractivity contribution < 1.29 is 9.47 Å². The molecule has 0 saturated carbocycles. The van der Waals surface area contributed by atoms with E-state index in [9.17, 15) is 0 Å². The summed E-state index contributed by atoms with van der Waals surface area (Å²) in [6.07, 6.45) is 0.293. The maximum absolute atomic E-state index is 8.66. The fourth-order valence-electron chi connectivity index (χ4n) is 1.21. The number of ether oxygens (including phenoxy) is 2. The number of methoxy groups -OCH3 is 2. The maximum Gasteiger partial charge on any atom is 0.166 e. The van der Waals surface area contributed by atoms with Crippen molar-refractivity contribution >= 4 is 15.9 Å². The van der Waals surface area contributed by atoms with Crippen LogP contribution < -0.4 is 9.47 Å². The summed E-state index contributed by atoms with van der Waals surface area (Å²) < 4.78 is 11.2. The lowest BCUT2D eigenvalue weighted by molar-refractivity contribution is 0.352. The fourth-order valence-corrected chi connectivity index (χ4v) is 1.66. The zero-order valence-electron chi connectivity index (χ0n) is 8.00. The summed E-state index contributed by atoms with van der Waals surface area (Å²) in [6, 6.07) is 5.72. The summed E-state index contributed by atoms with van der Waals surface area (Å²) in [5.74, 6) is 1.25. The van der Waals surface area contributed by atoms with Gasteiger partial charge in [-0.2, -0.15) is 5.26 Å². The standard InChI is InChI=1S/C10H10BrNO2/c1-13-9-4-3-8(11)7(5-6-12)10(9)14-2/h3-4H,5H2,1-2H3. The van der Waals surface area contributed by atoms with E-state index in [0.29, 0.717) is 17.9 Å². The Kier molecular flexibility index (Phi) is 3.78. The minimum absolute atomic E-state index is 0.293. The minimum Gasteiger partial charge on any atom is -0.493 e. The van der Waals surface area contributed by atoms with Crippen LogP contribution in [0.2, 0.25) is 0 Å². The third kappa shape index (κ3) is 1.99. The molecule has 0 spiro atoms. The molecule has 0 heterocycles. The average molecular weight is 256 g/mol. The molecule has 14 heavy (non-hydrogen) atoms. The largest absolute Gasteiger partial charge is 0.493 e. The number of nitrogens with zero attached hydrogens (tertiary/aromatic N) is 1. The van der Waals surface area contributed by atoms with Crippen molar-refractivity contribution in [1.82, 2.24) is 0 Å². The Morgan fingerprint density at radius 2 is 2.07 bits per heavy atom. The van der Waals surface area contributed by atoms with Crippen LogP contribution >= 0.6 is 15.9 Å². The lowest BCUT2D eigenvalue weighted by atomic mass is 10.1. The van der Waals surface area contributed by atoms with Gasteiger partial charge in [-0.25, -0.2) is 0 Å². The fraction of sp³-hybridized carbons (Fsp3) is 0.300. The topological polar surface area (TPSA) is 42.2 Å². The molecule has 1 aromatic rings. The summed E-state index contributed by atoms with van der Waals surface area (Å²) in [7, 11) is 3.13. The van der Waals surface area contributed by atoms with E-state index in [1.165, 1.54) is 0 Å². The molecule has 0 fully saturated rings. The van der Waals surface area contributed by atoms with Gasteiger partial charge in [-0.05, 0) is 12.1 Å². The Morgan fingerprint density at radius 1 is 1.36 bits per heavy atom. The maximum atomic E-state index is 8.66. The van der Waals surface area contributed by atoms with Crippen molar-refractivity contribution in [3.63, 3.8) is 0 Å². The molecular weight excluding hydrogens is 246 g/mol. The second-order valence-corrected chi connectivity index (χ2v) is 3.45. The highest BCUT2D eigenvalue weighted by molar-refractivity contribution is 9.10. The van der Waals surface area contributed by atoms with Crippen molar-refractivity contribution in [2.45, 2.75) is 6.42 Å². The van der Waals surface area contributed by atoms with Crippen LogP contribution in [0.1, 0.15) is 5.56 Å². The Balaban J connectivity index is 3.28. The molecule has 0 unspecified atom stereocenters. The monoisotopic (exact) mass is 255 g/mol. The van der Waals surface area contributed by atoms with Crippen LogP contribution in [0.4, 0.5) is 0 Å². The number of rotatable bonds is 3. The van der Waals surface area contributed by atoms with E-state index in [1.807, 2.05) is 6.07 Å². The van der Waals surface area contributed by atoms with E-state index >= 15 is 0 Å². The van der Waals surface area contributed by atoms with Crippen LogP contribution in [0.3, 0.4) is 0 Å². The van der Waals surface area contributed by atoms with Gasteiger partial charge in [-0.3, -0.25) is 0 Å². The molecule has 0 radical (unpaired) electrons. The summed E-state index contributed by atoms with van der Waals surface area (Å²) in [5.41, 5.74) is 0.814. The van der Waals surface area contributed by atoms with Crippen molar-refractivity contribution in [2.24, 2.45) is 0 Å². The van der Waals surface area contributed by atoms with Crippen LogP contribution in [-0.2, 0) is 6.42 Å². The molecule has 0 saturated heterocycles. The quantitative estimate of drug-likeness (QED) is 0.834. The number of nitriles is 1. The Hall–Kier alpha value is -1.21. The van der Waals surface area contributed by atoms with Gasteiger partial charge in [0.25, 0.3) is 0 Å². The molecule has 0 atom stereocenters. The van der Waals surface area contributed by atoms with Gasteiger partial charge in [0.1, 0.15) is 0 Å². The molecule has 0 amide bonds. The lowest BCUT2D eigenvalue weighted by Crippen LogP contribution is -1.96. The molecule has 0 aliphatic carbocycles. The highest BCUT2D eigenvalue weighted by atomic mass is 79.9. The molecule has 0 aliphatic rings. The summed E-state index contributed by atoms with van der Waals surface area (Å²) in [5, 5.41) is 8.66. The van der Waals surface area contributed by atoms with Gasteiger partial charge in [0, 0.05) is 10.0 Å². The molecule has 0 N–H and O–H groups in total. The van der Waals surface area contributed by atoms with Gasteiger partial charge in [0.2, 0.25) is 0 Å². The van der Waals surface area contributed by atoms with Gasteiger partial charge in [0.05, 0.1) is 26.7 Å². The predicted octanol–water partition coefficient (Wildman–Crippen LogP) is 2.53. The molecule has 3 nitrogen and oxygen atoms in total. The Morgan fingerprint density at radius 3 is 2.57 bits per heavy atom.